The number of thiazole rings is 1. The van der Waals surface area contributed by atoms with Crippen LogP contribution in [0, 0.1) is 20.8 Å². The Bertz CT molecular complexity index is 957. The van der Waals surface area contributed by atoms with Crippen molar-refractivity contribution in [1.82, 2.24) is 14.5 Å². The summed E-state index contributed by atoms with van der Waals surface area (Å²) in [4.78, 5) is 19.8. The summed E-state index contributed by atoms with van der Waals surface area (Å²) in [6.45, 7) is 7.42. The van der Waals surface area contributed by atoms with Gasteiger partial charge in [0.2, 0.25) is 5.91 Å². The minimum atomic E-state index is 0.198. The van der Waals surface area contributed by atoms with E-state index in [0.717, 1.165) is 47.0 Å². The number of benzene rings is 1. The lowest BCUT2D eigenvalue weighted by molar-refractivity contribution is -0.132. The zero-order chi connectivity index (χ0) is 19.0. The Labute approximate surface area is 164 Å². The zero-order valence-corrected chi connectivity index (χ0v) is 16.9. The predicted octanol–water partition coefficient (Wildman–Crippen LogP) is 4.90. The van der Waals surface area contributed by atoms with E-state index < -0.39 is 0 Å². The van der Waals surface area contributed by atoms with Crippen LogP contribution in [0.3, 0.4) is 0 Å². The van der Waals surface area contributed by atoms with Crippen LogP contribution >= 0.6 is 11.3 Å². The summed E-state index contributed by atoms with van der Waals surface area (Å²) in [6, 6.07) is 12.7. The standard InChI is InChI=1S/C22H25N3OS/c1-15-12-19(20-14-27-17(3)23-20)16(2)25(15)13-22(26)24-11-7-10-21(24)18-8-5-4-6-9-18/h4-6,8-9,12,14,21H,7,10-11,13H2,1-3H3. The highest BCUT2D eigenvalue weighted by atomic mass is 32.1. The molecule has 0 saturated carbocycles. The van der Waals surface area contributed by atoms with Gasteiger partial charge in [0, 0.05) is 28.9 Å². The van der Waals surface area contributed by atoms with E-state index in [0.29, 0.717) is 6.54 Å². The first-order valence-corrected chi connectivity index (χ1v) is 10.4. The maximum Gasteiger partial charge on any atom is 0.243 e. The fourth-order valence-corrected chi connectivity index (χ4v) is 4.72. The minimum Gasteiger partial charge on any atom is -0.339 e. The highest BCUT2D eigenvalue weighted by molar-refractivity contribution is 7.09. The molecule has 1 unspecified atom stereocenters. The number of rotatable bonds is 4. The van der Waals surface area contributed by atoms with Crippen LogP contribution in [0.5, 0.6) is 0 Å². The maximum absolute atomic E-state index is 13.1. The summed E-state index contributed by atoms with van der Waals surface area (Å²) < 4.78 is 2.13. The van der Waals surface area contributed by atoms with Crippen molar-refractivity contribution in [2.24, 2.45) is 0 Å². The van der Waals surface area contributed by atoms with Crippen molar-refractivity contribution in [3.63, 3.8) is 0 Å². The van der Waals surface area contributed by atoms with Crippen molar-refractivity contribution in [2.45, 2.75) is 46.2 Å². The van der Waals surface area contributed by atoms with E-state index in [1.54, 1.807) is 11.3 Å². The SMILES string of the molecule is Cc1nc(-c2cc(C)n(CC(=O)N3CCCC3c3ccccc3)c2C)cs1. The van der Waals surface area contributed by atoms with Crippen LogP contribution in [0.4, 0.5) is 0 Å². The molecule has 1 amide bonds. The minimum absolute atomic E-state index is 0.198. The number of aryl methyl sites for hydroxylation is 2. The second-order valence-electron chi connectivity index (χ2n) is 7.28. The van der Waals surface area contributed by atoms with Crippen molar-refractivity contribution < 1.29 is 4.79 Å². The van der Waals surface area contributed by atoms with Crippen LogP contribution in [0.15, 0.2) is 41.8 Å². The van der Waals surface area contributed by atoms with Gasteiger partial charge in [-0.25, -0.2) is 4.98 Å². The van der Waals surface area contributed by atoms with Gasteiger partial charge in [-0.1, -0.05) is 30.3 Å². The molecule has 3 aromatic rings. The molecule has 1 fully saturated rings. The average molecular weight is 380 g/mol. The first kappa shape index (κ1) is 18.0. The highest BCUT2D eigenvalue weighted by Gasteiger charge is 2.30. The molecule has 0 N–H and O–H groups in total. The van der Waals surface area contributed by atoms with Crippen molar-refractivity contribution in [2.75, 3.05) is 6.54 Å². The number of likely N-dealkylation sites (tertiary alicyclic amines) is 1. The highest BCUT2D eigenvalue weighted by Crippen LogP contribution is 2.33. The number of hydrogen-bond donors (Lipinski definition) is 0. The normalized spacial score (nSPS) is 16.9. The van der Waals surface area contributed by atoms with Crippen LogP contribution < -0.4 is 0 Å². The molecule has 2 aromatic heterocycles. The molecule has 4 rings (SSSR count). The third-order valence-corrected chi connectivity index (χ3v) is 6.29. The monoisotopic (exact) mass is 379 g/mol. The Morgan fingerprint density at radius 2 is 2.00 bits per heavy atom. The molecular weight excluding hydrogens is 354 g/mol. The van der Waals surface area contributed by atoms with E-state index in [1.807, 2.05) is 13.0 Å². The van der Waals surface area contributed by atoms with E-state index in [-0.39, 0.29) is 11.9 Å². The molecule has 1 aliphatic heterocycles. The molecular formula is C22H25N3OS. The molecule has 1 atom stereocenters. The Morgan fingerprint density at radius 3 is 2.70 bits per heavy atom. The molecule has 1 aliphatic rings. The number of carbonyl (C=O) groups excluding carboxylic acids is 1. The van der Waals surface area contributed by atoms with Crippen molar-refractivity contribution >= 4 is 17.2 Å². The summed E-state index contributed by atoms with van der Waals surface area (Å²) in [7, 11) is 0. The third-order valence-electron chi connectivity index (χ3n) is 5.52. The Kier molecular flexibility index (Phi) is 4.87. The van der Waals surface area contributed by atoms with Gasteiger partial charge in [-0.15, -0.1) is 11.3 Å². The lowest BCUT2D eigenvalue weighted by Gasteiger charge is -2.26. The number of amides is 1. The second-order valence-corrected chi connectivity index (χ2v) is 8.34. The Morgan fingerprint density at radius 1 is 1.22 bits per heavy atom. The van der Waals surface area contributed by atoms with Gasteiger partial charge in [0.05, 0.1) is 16.7 Å². The average Bonchev–Trinajstić information content (AvgIpc) is 3.38. The number of carbonyl (C=O) groups is 1. The molecule has 27 heavy (non-hydrogen) atoms. The molecule has 0 bridgehead atoms. The van der Waals surface area contributed by atoms with Gasteiger partial charge in [-0.05, 0) is 45.2 Å². The van der Waals surface area contributed by atoms with Crippen molar-refractivity contribution in [3.05, 3.63) is 63.7 Å². The number of aromatic nitrogens is 2. The fraction of sp³-hybridized carbons (Fsp3) is 0.364. The summed E-state index contributed by atoms with van der Waals surface area (Å²) in [5.74, 6) is 0.198. The largest absolute Gasteiger partial charge is 0.339 e. The molecule has 1 aromatic carbocycles. The molecule has 3 heterocycles. The van der Waals surface area contributed by atoms with Gasteiger partial charge >= 0.3 is 0 Å². The van der Waals surface area contributed by atoms with E-state index in [1.165, 1.54) is 5.56 Å². The smallest absolute Gasteiger partial charge is 0.243 e. The quantitative estimate of drug-likeness (QED) is 0.647. The number of hydrogen-bond acceptors (Lipinski definition) is 3. The van der Waals surface area contributed by atoms with E-state index in [2.05, 4.69) is 64.0 Å². The molecule has 0 radical (unpaired) electrons. The van der Waals surface area contributed by atoms with Crippen LogP contribution in [-0.2, 0) is 11.3 Å². The zero-order valence-electron chi connectivity index (χ0n) is 16.1. The summed E-state index contributed by atoms with van der Waals surface area (Å²) >= 11 is 1.66. The van der Waals surface area contributed by atoms with Gasteiger partial charge < -0.3 is 9.47 Å². The summed E-state index contributed by atoms with van der Waals surface area (Å²) in [6.07, 6.45) is 2.11. The fourth-order valence-electron chi connectivity index (χ4n) is 4.10. The van der Waals surface area contributed by atoms with E-state index in [4.69, 9.17) is 0 Å². The van der Waals surface area contributed by atoms with Gasteiger partial charge in [-0.3, -0.25) is 4.79 Å². The van der Waals surface area contributed by atoms with Crippen LogP contribution in [0.2, 0.25) is 0 Å². The lowest BCUT2D eigenvalue weighted by atomic mass is 10.0. The van der Waals surface area contributed by atoms with Crippen LogP contribution in [0.25, 0.3) is 11.3 Å². The number of nitrogens with zero attached hydrogens (tertiary/aromatic N) is 3. The molecule has 0 aliphatic carbocycles. The topological polar surface area (TPSA) is 38.1 Å². The third kappa shape index (κ3) is 3.44. The Hall–Kier alpha value is -2.40. The first-order chi connectivity index (χ1) is 13.0. The van der Waals surface area contributed by atoms with Crippen LogP contribution in [-0.4, -0.2) is 26.9 Å². The molecule has 140 valence electrons. The Balaban J connectivity index is 1.57. The van der Waals surface area contributed by atoms with Crippen molar-refractivity contribution in [1.29, 1.82) is 0 Å². The van der Waals surface area contributed by atoms with Gasteiger partial charge in [0.1, 0.15) is 6.54 Å². The summed E-state index contributed by atoms with van der Waals surface area (Å²) in [5, 5.41) is 3.16. The first-order valence-electron chi connectivity index (χ1n) is 9.48. The van der Waals surface area contributed by atoms with E-state index in [9.17, 15) is 4.79 Å². The molecule has 4 nitrogen and oxygen atoms in total. The predicted molar refractivity (Wildman–Crippen MR) is 110 cm³/mol. The van der Waals surface area contributed by atoms with Crippen molar-refractivity contribution in [3.8, 4) is 11.3 Å². The maximum atomic E-state index is 13.1. The molecule has 0 spiro atoms. The lowest BCUT2D eigenvalue weighted by Crippen LogP contribution is -2.33. The second kappa shape index (κ2) is 7.31. The van der Waals surface area contributed by atoms with Crippen LogP contribution in [0.1, 0.15) is 40.8 Å². The van der Waals surface area contributed by atoms with E-state index >= 15 is 0 Å². The summed E-state index contributed by atoms with van der Waals surface area (Å²) in [5.41, 5.74) is 5.60. The molecule has 5 heteroatoms. The van der Waals surface area contributed by atoms with Gasteiger partial charge in [0.15, 0.2) is 0 Å². The molecule has 1 saturated heterocycles. The van der Waals surface area contributed by atoms with Gasteiger partial charge in [-0.2, -0.15) is 0 Å². The van der Waals surface area contributed by atoms with Gasteiger partial charge in [0.25, 0.3) is 0 Å².